The van der Waals surface area contributed by atoms with E-state index in [0.717, 1.165) is 6.92 Å². The van der Waals surface area contributed by atoms with Crippen molar-refractivity contribution < 1.29 is 74.3 Å². The van der Waals surface area contributed by atoms with Crippen LogP contribution in [0.2, 0.25) is 0 Å². The number of esters is 3. The van der Waals surface area contributed by atoms with Crippen molar-refractivity contribution in [2.75, 3.05) is 13.2 Å². The van der Waals surface area contributed by atoms with Gasteiger partial charge >= 0.3 is 36.4 Å². The lowest BCUT2D eigenvalue weighted by Gasteiger charge is -2.30. The van der Waals surface area contributed by atoms with Crippen LogP contribution in [0.15, 0.2) is 0 Å². The molecule has 1 fully saturated rings. The molecular formula is C37H76F6O10. The molecule has 10 nitrogen and oxygen atoms in total. The molecule has 0 spiro atoms. The molecular weight excluding hydrogens is 718 g/mol. The number of cyclic esters (lactones) is 2. The molecule has 0 aromatic rings. The van der Waals surface area contributed by atoms with Gasteiger partial charge in [-0.15, -0.1) is 0 Å². The number of halogens is 6. The van der Waals surface area contributed by atoms with Crippen LogP contribution < -0.4 is 0 Å². The van der Waals surface area contributed by atoms with E-state index < -0.39 is 77.0 Å². The second-order valence-electron chi connectivity index (χ2n) is 13.4. The first-order chi connectivity index (χ1) is 20.9. The van der Waals surface area contributed by atoms with Gasteiger partial charge in [-0.25, -0.2) is 4.79 Å². The number of carbonyl (C=O) groups is 4. The monoisotopic (exact) mass is 795 g/mol. The van der Waals surface area contributed by atoms with Crippen LogP contribution in [0.1, 0.15) is 153 Å². The van der Waals surface area contributed by atoms with Crippen LogP contribution in [0.25, 0.3) is 0 Å². The molecule has 0 saturated carbocycles. The lowest BCUT2D eigenvalue weighted by Crippen LogP contribution is -2.45. The molecule has 1 saturated heterocycles. The number of rotatable bonds is 12. The number of ether oxygens (including phenoxy) is 5. The summed E-state index contributed by atoms with van der Waals surface area (Å²) in [6, 6.07) is 0. The molecule has 1 rings (SSSR count). The van der Waals surface area contributed by atoms with Gasteiger partial charge in [-0.3, -0.25) is 14.4 Å². The predicted molar refractivity (Wildman–Crippen MR) is 198 cm³/mol. The van der Waals surface area contributed by atoms with Crippen LogP contribution in [0.4, 0.5) is 31.1 Å². The second kappa shape index (κ2) is 26.9. The van der Waals surface area contributed by atoms with E-state index in [4.69, 9.17) is 14.2 Å². The van der Waals surface area contributed by atoms with Crippen molar-refractivity contribution in [1.29, 1.82) is 0 Å². The Bertz CT molecular complexity index is 1020. The van der Waals surface area contributed by atoms with Gasteiger partial charge in [0.15, 0.2) is 17.8 Å². The molecule has 53 heavy (non-hydrogen) atoms. The van der Waals surface area contributed by atoms with Gasteiger partial charge in [0.25, 0.3) is 0 Å². The Labute approximate surface area is 317 Å². The zero-order chi connectivity index (χ0) is 37.8. The van der Waals surface area contributed by atoms with Crippen LogP contribution in [-0.4, -0.2) is 78.6 Å². The lowest BCUT2D eigenvalue weighted by molar-refractivity contribution is -0.261. The summed E-state index contributed by atoms with van der Waals surface area (Å²) in [5.41, 5.74) is -4.95. The molecule has 0 radical (unpaired) electrons. The maximum atomic E-state index is 12.4. The van der Waals surface area contributed by atoms with Gasteiger partial charge in [-0.1, -0.05) is 65.3 Å². The maximum absolute atomic E-state index is 12.4. The number of hydrogen-bond donors (Lipinski definition) is 1. The molecule has 1 aliphatic heterocycles. The van der Waals surface area contributed by atoms with E-state index in [9.17, 15) is 50.6 Å². The number of hydrogen-bond acceptors (Lipinski definition) is 10. The summed E-state index contributed by atoms with van der Waals surface area (Å²) in [7, 11) is 0. The molecule has 1 N–H and O–H groups in total. The van der Waals surface area contributed by atoms with Gasteiger partial charge in [0.2, 0.25) is 0 Å². The van der Waals surface area contributed by atoms with Crippen molar-refractivity contribution in [3.8, 4) is 0 Å². The van der Waals surface area contributed by atoms with Gasteiger partial charge in [0.1, 0.15) is 19.3 Å². The van der Waals surface area contributed by atoms with Gasteiger partial charge in [-0.05, 0) is 81.6 Å². The standard InChI is InChI=1S/C12H21F3O3.C10H16O5.C9H15F3O2.6CH4/c1-6-10(3,4)9(16)18-8(2)7-11(5,17)12(13,14)15;1-4-10(2,3)8(11)13-5-7-6-14-9(12)15-7;1-5-8(3,4)7(13)14-6(2)9(10,11)12;;;;;;/h8,17H,6-7H2,1-5H3;7H,4-6H2,1-3H3;6H,5H2,1-4H3;6*1H4. The van der Waals surface area contributed by atoms with Crippen molar-refractivity contribution in [2.24, 2.45) is 16.2 Å². The van der Waals surface area contributed by atoms with Crippen LogP contribution in [0.3, 0.4) is 0 Å². The van der Waals surface area contributed by atoms with Crippen LogP contribution in [0.5, 0.6) is 0 Å². The van der Waals surface area contributed by atoms with E-state index in [2.05, 4.69) is 9.47 Å². The molecule has 0 aromatic heterocycles. The van der Waals surface area contributed by atoms with Crippen LogP contribution in [0, 0.1) is 16.2 Å². The lowest BCUT2D eigenvalue weighted by atomic mass is 9.90. The maximum Gasteiger partial charge on any atom is 0.508 e. The van der Waals surface area contributed by atoms with Crippen molar-refractivity contribution in [3.63, 3.8) is 0 Å². The number of alkyl halides is 6. The van der Waals surface area contributed by atoms with Crippen LogP contribution >= 0.6 is 0 Å². The highest BCUT2D eigenvalue weighted by atomic mass is 19.4. The third kappa shape index (κ3) is 25.0. The summed E-state index contributed by atoms with van der Waals surface area (Å²) in [5.74, 6) is -1.66. The van der Waals surface area contributed by atoms with Gasteiger partial charge in [-0.2, -0.15) is 26.3 Å². The summed E-state index contributed by atoms with van der Waals surface area (Å²) < 4.78 is 97.0. The highest BCUT2D eigenvalue weighted by molar-refractivity contribution is 5.76. The minimum Gasteiger partial charge on any atom is -0.462 e. The highest BCUT2D eigenvalue weighted by Crippen LogP contribution is 2.35. The highest BCUT2D eigenvalue weighted by Gasteiger charge is 2.51. The molecule has 1 aliphatic rings. The second-order valence-corrected chi connectivity index (χ2v) is 13.4. The first-order valence-electron chi connectivity index (χ1n) is 15.2. The molecule has 0 aliphatic carbocycles. The molecule has 4 atom stereocenters. The van der Waals surface area contributed by atoms with Gasteiger partial charge in [0.05, 0.1) is 16.2 Å². The molecule has 1 heterocycles. The molecule has 0 amide bonds. The fourth-order valence-electron chi connectivity index (χ4n) is 2.69. The number of aliphatic hydroxyl groups is 1. The summed E-state index contributed by atoms with van der Waals surface area (Å²) in [6.45, 7) is 18.5. The van der Waals surface area contributed by atoms with E-state index in [1.807, 2.05) is 20.8 Å². The largest absolute Gasteiger partial charge is 0.508 e. The number of carbonyl (C=O) groups excluding carboxylic acids is 4. The van der Waals surface area contributed by atoms with Gasteiger partial charge < -0.3 is 28.8 Å². The smallest absolute Gasteiger partial charge is 0.462 e. The Kier molecular flexibility index (Phi) is 34.6. The third-order valence-electron chi connectivity index (χ3n) is 7.71. The van der Waals surface area contributed by atoms with E-state index in [0.29, 0.717) is 26.2 Å². The van der Waals surface area contributed by atoms with E-state index in [1.165, 1.54) is 6.92 Å². The third-order valence-corrected chi connectivity index (χ3v) is 7.71. The van der Waals surface area contributed by atoms with Crippen molar-refractivity contribution >= 4 is 24.1 Å². The average Bonchev–Trinajstić information content (AvgIpc) is 3.35. The zero-order valence-corrected chi connectivity index (χ0v) is 29.4. The first kappa shape index (κ1) is 68.3. The summed E-state index contributed by atoms with van der Waals surface area (Å²) in [5, 5.41) is 9.28. The molecule has 326 valence electrons. The van der Waals surface area contributed by atoms with Gasteiger partial charge in [0, 0.05) is 6.42 Å². The zero-order valence-electron chi connectivity index (χ0n) is 29.4. The fraction of sp³-hybridized carbons (Fsp3) is 0.892. The summed E-state index contributed by atoms with van der Waals surface area (Å²) >= 11 is 0. The Morgan fingerprint density at radius 2 is 1.08 bits per heavy atom. The Morgan fingerprint density at radius 3 is 1.38 bits per heavy atom. The van der Waals surface area contributed by atoms with Crippen molar-refractivity contribution in [1.82, 2.24) is 0 Å². The van der Waals surface area contributed by atoms with E-state index in [-0.39, 0.29) is 63.7 Å². The quantitative estimate of drug-likeness (QED) is 0.116. The fourth-order valence-corrected chi connectivity index (χ4v) is 2.69. The first-order valence-corrected chi connectivity index (χ1v) is 15.2. The minimum atomic E-state index is -4.74. The van der Waals surface area contributed by atoms with E-state index in [1.54, 1.807) is 41.5 Å². The molecule has 0 aromatic carbocycles. The normalized spacial score (nSPS) is 16.0. The minimum absolute atomic E-state index is 0. The summed E-state index contributed by atoms with van der Waals surface area (Å²) in [4.78, 5) is 45.0. The SMILES string of the molecule is C.C.C.C.C.C.CCC(C)(C)C(=O)OC(C)C(F)(F)F.CCC(C)(C)C(=O)OC(C)CC(C)(O)C(F)(F)F.CCC(C)(C)C(=O)OCC1COC(=O)O1. The summed E-state index contributed by atoms with van der Waals surface area (Å²) in [6.07, 6.45) is -12.5. The Balaban J connectivity index is -0.0000000910. The molecule has 4 unspecified atom stereocenters. The van der Waals surface area contributed by atoms with Crippen LogP contribution in [-0.2, 0) is 38.1 Å². The Morgan fingerprint density at radius 1 is 0.717 bits per heavy atom. The average molecular weight is 795 g/mol. The molecule has 16 heteroatoms. The van der Waals surface area contributed by atoms with E-state index >= 15 is 0 Å². The predicted octanol–water partition coefficient (Wildman–Crippen LogP) is 11.3. The Hall–Kier alpha value is -2.78. The molecule has 0 bridgehead atoms. The van der Waals surface area contributed by atoms with Crippen molar-refractivity contribution in [2.45, 2.75) is 190 Å². The topological polar surface area (TPSA) is 135 Å². The van der Waals surface area contributed by atoms with Crippen molar-refractivity contribution in [3.05, 3.63) is 0 Å².